The Kier molecular flexibility index (Phi) is 3.84. The van der Waals surface area contributed by atoms with Crippen molar-refractivity contribution in [3.05, 3.63) is 34.8 Å². The first kappa shape index (κ1) is 12.9. The van der Waals surface area contributed by atoms with Gasteiger partial charge in [0.15, 0.2) is 0 Å². The summed E-state index contributed by atoms with van der Waals surface area (Å²) < 4.78 is 5.47. The minimum absolute atomic E-state index is 0.00577. The van der Waals surface area contributed by atoms with E-state index in [2.05, 4.69) is 15.0 Å². The molecule has 0 aliphatic carbocycles. The van der Waals surface area contributed by atoms with Crippen molar-refractivity contribution in [1.82, 2.24) is 15.0 Å². The van der Waals surface area contributed by atoms with Gasteiger partial charge in [-0.15, -0.1) is 0 Å². The van der Waals surface area contributed by atoms with Gasteiger partial charge in [0, 0.05) is 25.8 Å². The maximum Gasteiger partial charge on any atom is 0.327 e. The third kappa shape index (κ3) is 3.21. The highest BCUT2D eigenvalue weighted by molar-refractivity contribution is 6.31. The third-order valence-corrected chi connectivity index (χ3v) is 2.44. The number of anilines is 1. The van der Waals surface area contributed by atoms with E-state index in [4.69, 9.17) is 27.9 Å². The van der Waals surface area contributed by atoms with Crippen LogP contribution in [0.1, 0.15) is 0 Å². The quantitative estimate of drug-likeness (QED) is 0.867. The molecule has 5 nitrogen and oxygen atoms in total. The molecule has 2 rings (SSSR count). The maximum atomic E-state index is 5.66. The van der Waals surface area contributed by atoms with Gasteiger partial charge in [-0.05, 0) is 35.3 Å². The summed E-state index contributed by atoms with van der Waals surface area (Å²) in [6.45, 7) is 0. The average molecular weight is 285 g/mol. The van der Waals surface area contributed by atoms with Gasteiger partial charge in [-0.2, -0.15) is 15.0 Å². The fraction of sp³-hybridized carbons (Fsp3) is 0.182. The van der Waals surface area contributed by atoms with Crippen LogP contribution < -0.4 is 9.64 Å². The largest absolute Gasteiger partial charge is 0.424 e. The Morgan fingerprint density at radius 2 is 1.72 bits per heavy atom. The standard InChI is InChI=1S/C11H10Cl2N4O/c1-17(2)7-4-3-5-8(6-7)18-11-15-9(12)14-10(13)16-11/h3-6H,1-2H3. The summed E-state index contributed by atoms with van der Waals surface area (Å²) in [5, 5.41) is -0.0115. The van der Waals surface area contributed by atoms with E-state index in [-0.39, 0.29) is 16.6 Å². The van der Waals surface area contributed by atoms with Crippen LogP contribution in [0.15, 0.2) is 24.3 Å². The summed E-state index contributed by atoms with van der Waals surface area (Å²) in [5.41, 5.74) is 0.999. The molecule has 1 aromatic carbocycles. The van der Waals surface area contributed by atoms with E-state index in [9.17, 15) is 0 Å². The number of aromatic nitrogens is 3. The monoisotopic (exact) mass is 284 g/mol. The minimum atomic E-state index is -0.00577. The Morgan fingerprint density at radius 3 is 2.33 bits per heavy atom. The van der Waals surface area contributed by atoms with Crippen LogP contribution in [-0.4, -0.2) is 29.0 Å². The van der Waals surface area contributed by atoms with E-state index < -0.39 is 0 Å². The van der Waals surface area contributed by atoms with Gasteiger partial charge in [0.1, 0.15) is 5.75 Å². The molecule has 0 saturated carbocycles. The molecule has 0 atom stereocenters. The minimum Gasteiger partial charge on any atom is -0.424 e. The predicted octanol–water partition coefficient (Wildman–Crippen LogP) is 3.04. The molecule has 0 spiro atoms. The number of ether oxygens (including phenoxy) is 1. The summed E-state index contributed by atoms with van der Waals surface area (Å²) in [6.07, 6.45) is 0. The summed E-state index contributed by atoms with van der Waals surface area (Å²) in [7, 11) is 3.88. The predicted molar refractivity (Wildman–Crippen MR) is 70.7 cm³/mol. The molecule has 0 amide bonds. The third-order valence-electron chi connectivity index (χ3n) is 2.10. The maximum absolute atomic E-state index is 5.66. The normalized spacial score (nSPS) is 10.2. The highest BCUT2D eigenvalue weighted by Crippen LogP contribution is 2.24. The Labute approximate surface area is 114 Å². The molecule has 2 aromatic rings. The fourth-order valence-corrected chi connectivity index (χ4v) is 1.63. The molecule has 0 radical (unpaired) electrons. The molecule has 18 heavy (non-hydrogen) atoms. The van der Waals surface area contributed by atoms with Gasteiger partial charge in [0.25, 0.3) is 0 Å². The van der Waals surface area contributed by atoms with Crippen LogP contribution in [0.4, 0.5) is 5.69 Å². The first-order valence-electron chi connectivity index (χ1n) is 5.07. The van der Waals surface area contributed by atoms with Gasteiger partial charge < -0.3 is 9.64 Å². The van der Waals surface area contributed by atoms with E-state index in [0.29, 0.717) is 5.75 Å². The topological polar surface area (TPSA) is 51.1 Å². The summed E-state index contributed by atoms with van der Waals surface area (Å²) in [6, 6.07) is 7.54. The molecule has 1 heterocycles. The molecule has 0 N–H and O–H groups in total. The lowest BCUT2D eigenvalue weighted by Gasteiger charge is -2.13. The van der Waals surface area contributed by atoms with Crippen molar-refractivity contribution in [3.8, 4) is 11.8 Å². The van der Waals surface area contributed by atoms with Crippen LogP contribution in [0.2, 0.25) is 10.6 Å². The van der Waals surface area contributed by atoms with E-state index in [0.717, 1.165) is 5.69 Å². The van der Waals surface area contributed by atoms with Gasteiger partial charge in [0.05, 0.1) is 0 Å². The number of halogens is 2. The molecule has 7 heteroatoms. The van der Waals surface area contributed by atoms with E-state index in [1.54, 1.807) is 6.07 Å². The number of nitrogens with zero attached hydrogens (tertiary/aromatic N) is 4. The molecular formula is C11H10Cl2N4O. The zero-order valence-electron chi connectivity index (χ0n) is 9.76. The molecule has 94 valence electrons. The summed E-state index contributed by atoms with van der Waals surface area (Å²) >= 11 is 11.3. The van der Waals surface area contributed by atoms with Crippen LogP contribution in [0.5, 0.6) is 11.8 Å². The number of benzene rings is 1. The average Bonchev–Trinajstić information content (AvgIpc) is 2.27. The second-order valence-electron chi connectivity index (χ2n) is 3.65. The number of hydrogen-bond donors (Lipinski definition) is 0. The molecule has 0 saturated heterocycles. The highest BCUT2D eigenvalue weighted by atomic mass is 35.5. The van der Waals surface area contributed by atoms with Crippen molar-refractivity contribution < 1.29 is 4.74 Å². The van der Waals surface area contributed by atoms with Gasteiger partial charge in [0.2, 0.25) is 10.6 Å². The van der Waals surface area contributed by atoms with Gasteiger partial charge >= 0.3 is 6.01 Å². The van der Waals surface area contributed by atoms with E-state index in [1.807, 2.05) is 37.2 Å². The molecule has 0 fully saturated rings. The lowest BCUT2D eigenvalue weighted by molar-refractivity contribution is 0.439. The molecule has 0 unspecified atom stereocenters. The van der Waals surface area contributed by atoms with Crippen molar-refractivity contribution in [2.45, 2.75) is 0 Å². The Hall–Kier alpha value is -1.59. The zero-order valence-corrected chi connectivity index (χ0v) is 11.3. The van der Waals surface area contributed by atoms with E-state index in [1.165, 1.54) is 0 Å². The van der Waals surface area contributed by atoms with Crippen LogP contribution in [0.3, 0.4) is 0 Å². The van der Waals surface area contributed by atoms with Crippen LogP contribution in [-0.2, 0) is 0 Å². The lowest BCUT2D eigenvalue weighted by Crippen LogP contribution is -2.08. The van der Waals surface area contributed by atoms with Crippen LogP contribution in [0, 0.1) is 0 Å². The second-order valence-corrected chi connectivity index (χ2v) is 4.33. The smallest absolute Gasteiger partial charge is 0.327 e. The first-order chi connectivity index (χ1) is 8.54. The zero-order chi connectivity index (χ0) is 13.1. The highest BCUT2D eigenvalue weighted by Gasteiger charge is 2.06. The van der Waals surface area contributed by atoms with Gasteiger partial charge in [-0.3, -0.25) is 0 Å². The van der Waals surface area contributed by atoms with Gasteiger partial charge in [-0.1, -0.05) is 6.07 Å². The fourth-order valence-electron chi connectivity index (χ4n) is 1.29. The molecule has 0 aliphatic rings. The first-order valence-corrected chi connectivity index (χ1v) is 5.82. The second kappa shape index (κ2) is 5.37. The Bertz CT molecular complexity index is 542. The van der Waals surface area contributed by atoms with Crippen LogP contribution in [0.25, 0.3) is 0 Å². The van der Waals surface area contributed by atoms with Gasteiger partial charge in [-0.25, -0.2) is 0 Å². The van der Waals surface area contributed by atoms with Crippen molar-refractivity contribution >= 4 is 28.9 Å². The molecule has 0 bridgehead atoms. The Morgan fingerprint density at radius 1 is 1.06 bits per heavy atom. The van der Waals surface area contributed by atoms with Crippen LogP contribution >= 0.6 is 23.2 Å². The number of hydrogen-bond acceptors (Lipinski definition) is 5. The van der Waals surface area contributed by atoms with Crippen molar-refractivity contribution in [1.29, 1.82) is 0 Å². The lowest BCUT2D eigenvalue weighted by atomic mass is 10.3. The van der Waals surface area contributed by atoms with E-state index >= 15 is 0 Å². The molecule has 0 aliphatic heterocycles. The summed E-state index contributed by atoms with van der Waals surface area (Å²) in [4.78, 5) is 13.3. The van der Waals surface area contributed by atoms with Crippen molar-refractivity contribution in [2.24, 2.45) is 0 Å². The molecule has 1 aromatic heterocycles. The molecular weight excluding hydrogens is 275 g/mol. The summed E-state index contributed by atoms with van der Waals surface area (Å²) in [5.74, 6) is 0.597. The van der Waals surface area contributed by atoms with Crippen molar-refractivity contribution in [2.75, 3.05) is 19.0 Å². The number of rotatable bonds is 3. The Balaban J connectivity index is 2.25. The van der Waals surface area contributed by atoms with Crippen molar-refractivity contribution in [3.63, 3.8) is 0 Å². The SMILES string of the molecule is CN(C)c1cccc(Oc2nc(Cl)nc(Cl)n2)c1.